The number of nitrogens with one attached hydrogen (secondary N) is 2. The van der Waals surface area contributed by atoms with Gasteiger partial charge in [0.15, 0.2) is 0 Å². The monoisotopic (exact) mass is 311 g/mol. The third-order valence-electron chi connectivity index (χ3n) is 4.34. The summed E-state index contributed by atoms with van der Waals surface area (Å²) in [7, 11) is 0. The number of urea groups is 1. The molecule has 0 spiro atoms. The zero-order chi connectivity index (χ0) is 15.1. The van der Waals surface area contributed by atoms with E-state index in [4.69, 9.17) is 0 Å². The third-order valence-corrected chi connectivity index (χ3v) is 5.18. The molecule has 1 aliphatic carbocycles. The highest BCUT2D eigenvalue weighted by Gasteiger charge is 2.35. The van der Waals surface area contributed by atoms with Gasteiger partial charge in [0.1, 0.15) is 0 Å². The van der Waals surface area contributed by atoms with Gasteiger partial charge in [-0.1, -0.05) is 19.3 Å². The summed E-state index contributed by atoms with van der Waals surface area (Å²) in [6, 6.07) is -0.200. The molecule has 1 saturated carbocycles. The van der Waals surface area contributed by atoms with Crippen molar-refractivity contribution in [3.05, 3.63) is 16.6 Å². The number of nitrogens with zero attached hydrogens (tertiary/aromatic N) is 1. The maximum atomic E-state index is 12.0. The Morgan fingerprint density at radius 1 is 1.48 bits per heavy atom. The second-order valence-electron chi connectivity index (χ2n) is 5.97. The number of hydrogen-bond acceptors (Lipinski definition) is 4. The molecule has 1 aromatic heterocycles. The first-order valence-corrected chi connectivity index (χ1v) is 8.57. The van der Waals surface area contributed by atoms with Gasteiger partial charge >= 0.3 is 6.03 Å². The van der Waals surface area contributed by atoms with Crippen LogP contribution in [0.2, 0.25) is 0 Å². The number of carbonyl (C=O) groups is 1. The number of hydrogen-bond donors (Lipinski definition) is 3. The molecule has 0 saturated heterocycles. The fourth-order valence-electron chi connectivity index (χ4n) is 2.97. The lowest BCUT2D eigenvalue weighted by Gasteiger charge is -2.39. The minimum absolute atomic E-state index is 0.0163. The van der Waals surface area contributed by atoms with Crippen LogP contribution >= 0.6 is 11.3 Å². The first-order valence-electron chi connectivity index (χ1n) is 7.69. The van der Waals surface area contributed by atoms with Gasteiger partial charge in [-0.15, -0.1) is 11.3 Å². The largest absolute Gasteiger partial charge is 0.394 e. The van der Waals surface area contributed by atoms with Gasteiger partial charge in [0.05, 0.1) is 17.2 Å². The summed E-state index contributed by atoms with van der Waals surface area (Å²) in [5, 5.41) is 18.5. The molecule has 0 aliphatic heterocycles. The van der Waals surface area contributed by atoms with Crippen LogP contribution in [0.15, 0.2) is 11.6 Å². The van der Waals surface area contributed by atoms with E-state index in [-0.39, 0.29) is 12.6 Å². The molecule has 1 atom stereocenters. The molecule has 1 aliphatic rings. The van der Waals surface area contributed by atoms with Crippen molar-refractivity contribution in [2.75, 3.05) is 13.2 Å². The van der Waals surface area contributed by atoms with Crippen LogP contribution < -0.4 is 10.6 Å². The van der Waals surface area contributed by atoms with Gasteiger partial charge in [-0.25, -0.2) is 9.78 Å². The number of amides is 2. The van der Waals surface area contributed by atoms with E-state index in [1.807, 2.05) is 12.3 Å². The SMILES string of the molecule is CC(CO)(NC(=O)NCCc1nccs1)C1CCCCC1. The van der Waals surface area contributed by atoms with E-state index in [0.29, 0.717) is 12.5 Å². The molecule has 1 fully saturated rings. The van der Waals surface area contributed by atoms with Crippen LogP contribution in [0.1, 0.15) is 44.0 Å². The Labute approximate surface area is 130 Å². The summed E-state index contributed by atoms with van der Waals surface area (Å²) < 4.78 is 0. The van der Waals surface area contributed by atoms with Crippen molar-refractivity contribution in [3.8, 4) is 0 Å². The molecular formula is C15H25N3O2S. The smallest absolute Gasteiger partial charge is 0.315 e. The summed E-state index contributed by atoms with van der Waals surface area (Å²) in [6.45, 7) is 2.49. The Bertz CT molecular complexity index is 432. The second-order valence-corrected chi connectivity index (χ2v) is 6.95. The molecule has 2 rings (SSSR count). The number of aromatic nitrogens is 1. The summed E-state index contributed by atoms with van der Waals surface area (Å²) in [5.41, 5.74) is -0.522. The maximum absolute atomic E-state index is 12.0. The fraction of sp³-hybridized carbons (Fsp3) is 0.733. The first-order chi connectivity index (χ1) is 10.1. The van der Waals surface area contributed by atoms with Gasteiger partial charge in [0, 0.05) is 24.5 Å². The number of rotatable bonds is 6. The predicted molar refractivity (Wildman–Crippen MR) is 84.4 cm³/mol. The average molecular weight is 311 g/mol. The van der Waals surface area contributed by atoms with Crippen LogP contribution in [0.5, 0.6) is 0 Å². The van der Waals surface area contributed by atoms with E-state index in [1.54, 1.807) is 17.5 Å². The number of thiazole rings is 1. The zero-order valence-corrected chi connectivity index (χ0v) is 13.4. The minimum atomic E-state index is -0.522. The number of carbonyl (C=O) groups excluding carboxylic acids is 1. The second kappa shape index (κ2) is 7.75. The van der Waals surface area contributed by atoms with Gasteiger partial charge in [-0.05, 0) is 25.7 Å². The zero-order valence-electron chi connectivity index (χ0n) is 12.6. The van der Waals surface area contributed by atoms with Crippen molar-refractivity contribution in [3.63, 3.8) is 0 Å². The minimum Gasteiger partial charge on any atom is -0.394 e. The number of aliphatic hydroxyl groups excluding tert-OH is 1. The molecule has 2 amide bonds. The molecule has 6 heteroatoms. The van der Waals surface area contributed by atoms with Crippen LogP contribution in [-0.2, 0) is 6.42 Å². The van der Waals surface area contributed by atoms with Crippen molar-refractivity contribution >= 4 is 17.4 Å². The van der Waals surface area contributed by atoms with Crippen molar-refractivity contribution in [1.29, 1.82) is 0 Å². The van der Waals surface area contributed by atoms with Gasteiger partial charge in [0.25, 0.3) is 0 Å². The lowest BCUT2D eigenvalue weighted by molar-refractivity contribution is 0.101. The van der Waals surface area contributed by atoms with Gasteiger partial charge in [0.2, 0.25) is 0 Å². The van der Waals surface area contributed by atoms with Gasteiger partial charge in [-0.2, -0.15) is 0 Å². The normalized spacial score (nSPS) is 19.0. The van der Waals surface area contributed by atoms with E-state index < -0.39 is 5.54 Å². The standard InChI is InChI=1S/C15H25N3O2S/c1-15(11-19,12-5-3-2-4-6-12)18-14(20)17-8-7-13-16-9-10-21-13/h9-10,12,19H,2-8,11H2,1H3,(H2,17,18,20). The summed E-state index contributed by atoms with van der Waals surface area (Å²) in [6.07, 6.45) is 8.31. The summed E-state index contributed by atoms with van der Waals surface area (Å²) >= 11 is 1.59. The maximum Gasteiger partial charge on any atom is 0.315 e. The van der Waals surface area contributed by atoms with Gasteiger partial charge in [-0.3, -0.25) is 0 Å². The van der Waals surface area contributed by atoms with Crippen molar-refractivity contribution < 1.29 is 9.90 Å². The molecule has 0 radical (unpaired) electrons. The Hall–Kier alpha value is -1.14. The van der Waals surface area contributed by atoms with Crippen LogP contribution in [0.3, 0.4) is 0 Å². The third kappa shape index (κ3) is 4.68. The molecule has 1 unspecified atom stereocenters. The molecule has 5 nitrogen and oxygen atoms in total. The Morgan fingerprint density at radius 3 is 2.86 bits per heavy atom. The topological polar surface area (TPSA) is 74.2 Å². The van der Waals surface area contributed by atoms with Crippen molar-refractivity contribution in [2.24, 2.45) is 5.92 Å². The number of aliphatic hydroxyl groups is 1. The highest BCUT2D eigenvalue weighted by Crippen LogP contribution is 2.32. The average Bonchev–Trinajstić information content (AvgIpc) is 3.01. The van der Waals surface area contributed by atoms with Gasteiger partial charge < -0.3 is 15.7 Å². The molecule has 1 heterocycles. The summed E-state index contributed by atoms with van der Waals surface area (Å²) in [4.78, 5) is 16.2. The summed E-state index contributed by atoms with van der Waals surface area (Å²) in [5.74, 6) is 0.362. The quantitative estimate of drug-likeness (QED) is 0.755. The Kier molecular flexibility index (Phi) is 5.99. The fourth-order valence-corrected chi connectivity index (χ4v) is 3.59. The van der Waals surface area contributed by atoms with Crippen molar-refractivity contribution in [2.45, 2.75) is 51.0 Å². The molecule has 3 N–H and O–H groups in total. The predicted octanol–water partition coefficient (Wildman–Crippen LogP) is 2.32. The van der Waals surface area contributed by atoms with Crippen LogP contribution in [-0.4, -0.2) is 34.8 Å². The van der Waals surface area contributed by atoms with Crippen LogP contribution in [0.25, 0.3) is 0 Å². The van der Waals surface area contributed by atoms with Crippen LogP contribution in [0, 0.1) is 5.92 Å². The molecule has 0 bridgehead atoms. The van der Waals surface area contributed by atoms with Crippen LogP contribution in [0.4, 0.5) is 4.79 Å². The lowest BCUT2D eigenvalue weighted by Crippen LogP contribution is -2.57. The molecule has 0 aromatic carbocycles. The Morgan fingerprint density at radius 2 is 2.24 bits per heavy atom. The molecular weight excluding hydrogens is 286 g/mol. The van der Waals surface area contributed by atoms with E-state index in [9.17, 15) is 9.90 Å². The van der Waals surface area contributed by atoms with E-state index in [0.717, 1.165) is 24.3 Å². The highest BCUT2D eigenvalue weighted by molar-refractivity contribution is 7.09. The molecule has 21 heavy (non-hydrogen) atoms. The lowest BCUT2D eigenvalue weighted by atomic mass is 9.76. The van der Waals surface area contributed by atoms with E-state index >= 15 is 0 Å². The highest BCUT2D eigenvalue weighted by atomic mass is 32.1. The first kappa shape index (κ1) is 16.2. The van der Waals surface area contributed by atoms with E-state index in [2.05, 4.69) is 15.6 Å². The molecule has 1 aromatic rings. The molecule has 118 valence electrons. The van der Waals surface area contributed by atoms with E-state index in [1.165, 1.54) is 19.3 Å². The Balaban J connectivity index is 1.78. The van der Waals surface area contributed by atoms with Crippen molar-refractivity contribution in [1.82, 2.24) is 15.6 Å².